The zero-order chi connectivity index (χ0) is 15.2. The monoisotopic (exact) mass is 288 g/mol. The molecule has 2 atom stereocenters. The molecule has 1 N–H and O–H groups in total. The van der Waals surface area contributed by atoms with Crippen LogP contribution in [0.5, 0.6) is 0 Å². The molecule has 110 valence electrons. The number of benzene rings is 1. The van der Waals surface area contributed by atoms with Crippen molar-refractivity contribution in [1.82, 2.24) is 0 Å². The van der Waals surface area contributed by atoms with Crippen molar-refractivity contribution in [3.63, 3.8) is 0 Å². The van der Waals surface area contributed by atoms with Gasteiger partial charge < -0.3 is 14.7 Å². The van der Waals surface area contributed by atoms with Crippen LogP contribution in [0.2, 0.25) is 0 Å². The van der Waals surface area contributed by atoms with Gasteiger partial charge in [0, 0.05) is 12.2 Å². The van der Waals surface area contributed by atoms with Crippen LogP contribution in [-0.2, 0) is 14.3 Å². The fourth-order valence-corrected chi connectivity index (χ4v) is 2.31. The van der Waals surface area contributed by atoms with E-state index in [1.165, 1.54) is 4.90 Å². The number of carboxylic acids is 1. The smallest absolute Gasteiger partial charge is 0.332 e. The molecule has 2 rings (SSSR count). The van der Waals surface area contributed by atoms with E-state index in [4.69, 9.17) is 15.1 Å². The Morgan fingerprint density at radius 2 is 1.95 bits per heavy atom. The van der Waals surface area contributed by atoms with Crippen LogP contribution in [0.25, 0.3) is 0 Å². The van der Waals surface area contributed by atoms with Gasteiger partial charge >= 0.3 is 5.97 Å². The average Bonchev–Trinajstić information content (AvgIpc) is 2.98. The zero-order valence-electron chi connectivity index (χ0n) is 11.4. The number of carboxylic acid groups (broad SMARTS) is 1. The number of hydrogen-bond acceptors (Lipinski definition) is 4. The van der Waals surface area contributed by atoms with E-state index in [9.17, 15) is 9.59 Å². The van der Waals surface area contributed by atoms with Gasteiger partial charge in [-0.3, -0.25) is 4.79 Å². The van der Waals surface area contributed by atoms with Crippen LogP contribution in [0.3, 0.4) is 0 Å². The van der Waals surface area contributed by atoms with Gasteiger partial charge in [0.2, 0.25) is 0 Å². The molecule has 1 aliphatic rings. The van der Waals surface area contributed by atoms with E-state index >= 15 is 0 Å². The van der Waals surface area contributed by atoms with Gasteiger partial charge in [0.1, 0.15) is 6.10 Å². The number of ether oxygens (including phenoxy) is 1. The molecule has 0 aromatic heterocycles. The SMILES string of the molecule is N#CCCN(C(=O)[C@@H]1CC[C@H](C(=O)O)O1)c1ccccc1. The average molecular weight is 288 g/mol. The fourth-order valence-electron chi connectivity index (χ4n) is 2.31. The molecular weight excluding hydrogens is 272 g/mol. The second kappa shape index (κ2) is 6.86. The first-order valence-electron chi connectivity index (χ1n) is 6.75. The lowest BCUT2D eigenvalue weighted by molar-refractivity contribution is -0.151. The molecule has 1 amide bonds. The molecule has 1 fully saturated rings. The molecule has 0 saturated carbocycles. The summed E-state index contributed by atoms with van der Waals surface area (Å²) in [7, 11) is 0. The third-order valence-electron chi connectivity index (χ3n) is 3.35. The maximum absolute atomic E-state index is 12.5. The van der Waals surface area contributed by atoms with Crippen molar-refractivity contribution in [2.24, 2.45) is 0 Å². The molecule has 0 aliphatic carbocycles. The molecule has 21 heavy (non-hydrogen) atoms. The Balaban J connectivity index is 2.12. The molecular formula is C15H16N2O4. The number of rotatable bonds is 5. The van der Waals surface area contributed by atoms with Gasteiger partial charge in [-0.2, -0.15) is 5.26 Å². The summed E-state index contributed by atoms with van der Waals surface area (Å²) in [5.74, 6) is -1.34. The molecule has 1 aromatic rings. The van der Waals surface area contributed by atoms with E-state index in [1.54, 1.807) is 24.3 Å². The molecule has 0 spiro atoms. The number of carbonyl (C=O) groups excluding carboxylic acids is 1. The van der Waals surface area contributed by atoms with Crippen molar-refractivity contribution in [2.75, 3.05) is 11.4 Å². The highest BCUT2D eigenvalue weighted by Crippen LogP contribution is 2.24. The van der Waals surface area contributed by atoms with Gasteiger partial charge in [0.15, 0.2) is 6.10 Å². The summed E-state index contributed by atoms with van der Waals surface area (Å²) in [6, 6.07) is 11.0. The van der Waals surface area contributed by atoms with Crippen molar-refractivity contribution in [3.05, 3.63) is 30.3 Å². The maximum Gasteiger partial charge on any atom is 0.332 e. The number of nitriles is 1. The number of amides is 1. The number of hydrogen-bond donors (Lipinski definition) is 1. The predicted molar refractivity (Wildman–Crippen MR) is 74.6 cm³/mol. The third kappa shape index (κ3) is 3.58. The molecule has 6 heteroatoms. The van der Waals surface area contributed by atoms with Crippen molar-refractivity contribution in [1.29, 1.82) is 5.26 Å². The summed E-state index contributed by atoms with van der Waals surface area (Å²) in [4.78, 5) is 24.9. The fraction of sp³-hybridized carbons (Fsp3) is 0.400. The molecule has 0 radical (unpaired) electrons. The standard InChI is InChI=1S/C15H16N2O4/c16-9-4-10-17(11-5-2-1-3-6-11)14(18)12-7-8-13(21-12)15(19)20/h1-3,5-6,12-13H,4,7-8,10H2,(H,19,20)/t12-,13+/m0/s1. The van der Waals surface area contributed by atoms with Gasteiger partial charge in [-0.15, -0.1) is 0 Å². The van der Waals surface area contributed by atoms with Crippen LogP contribution in [0.4, 0.5) is 5.69 Å². The van der Waals surface area contributed by atoms with E-state index in [-0.39, 0.29) is 18.9 Å². The summed E-state index contributed by atoms with van der Waals surface area (Å²) >= 11 is 0. The first kappa shape index (κ1) is 15.0. The van der Waals surface area contributed by atoms with Gasteiger partial charge in [0.05, 0.1) is 12.5 Å². The van der Waals surface area contributed by atoms with Crippen molar-refractivity contribution in [3.8, 4) is 6.07 Å². The van der Waals surface area contributed by atoms with E-state index in [0.717, 1.165) is 0 Å². The minimum absolute atomic E-state index is 0.204. The van der Waals surface area contributed by atoms with E-state index < -0.39 is 18.2 Å². The minimum Gasteiger partial charge on any atom is -0.479 e. The highest BCUT2D eigenvalue weighted by molar-refractivity contribution is 5.97. The van der Waals surface area contributed by atoms with Gasteiger partial charge in [-0.05, 0) is 25.0 Å². The summed E-state index contributed by atoms with van der Waals surface area (Å²) < 4.78 is 5.29. The van der Waals surface area contributed by atoms with Crippen LogP contribution >= 0.6 is 0 Å². The summed E-state index contributed by atoms with van der Waals surface area (Å²) in [5.41, 5.74) is 0.681. The normalized spacial score (nSPS) is 20.7. The molecule has 0 bridgehead atoms. The van der Waals surface area contributed by atoms with Crippen LogP contribution in [0.15, 0.2) is 30.3 Å². The largest absolute Gasteiger partial charge is 0.479 e. The van der Waals surface area contributed by atoms with Gasteiger partial charge in [-0.25, -0.2) is 4.79 Å². The first-order chi connectivity index (χ1) is 10.1. The van der Waals surface area contributed by atoms with Gasteiger partial charge in [0.25, 0.3) is 5.91 Å². The first-order valence-corrected chi connectivity index (χ1v) is 6.75. The van der Waals surface area contributed by atoms with E-state index in [1.807, 2.05) is 12.1 Å². The molecule has 1 aromatic carbocycles. The predicted octanol–water partition coefficient (Wildman–Crippen LogP) is 1.57. The lowest BCUT2D eigenvalue weighted by atomic mass is 10.1. The second-order valence-electron chi connectivity index (χ2n) is 4.76. The highest BCUT2D eigenvalue weighted by Gasteiger charge is 2.37. The Morgan fingerprint density at radius 1 is 1.29 bits per heavy atom. The van der Waals surface area contributed by atoms with Crippen LogP contribution in [0.1, 0.15) is 19.3 Å². The van der Waals surface area contributed by atoms with E-state index in [0.29, 0.717) is 18.5 Å². The summed E-state index contributed by atoms with van der Waals surface area (Å²) in [6.07, 6.45) is -0.772. The quantitative estimate of drug-likeness (QED) is 0.888. The highest BCUT2D eigenvalue weighted by atomic mass is 16.5. The molecule has 1 saturated heterocycles. The van der Waals surface area contributed by atoms with Crippen molar-refractivity contribution < 1.29 is 19.4 Å². The Morgan fingerprint density at radius 3 is 2.52 bits per heavy atom. The number of aliphatic carboxylic acids is 1. The number of anilines is 1. The molecule has 1 heterocycles. The minimum atomic E-state index is -1.05. The Labute approximate surface area is 122 Å². The number of carbonyl (C=O) groups is 2. The van der Waals surface area contributed by atoms with E-state index in [2.05, 4.69) is 0 Å². The Hall–Kier alpha value is -2.39. The zero-order valence-corrected chi connectivity index (χ0v) is 11.4. The van der Waals surface area contributed by atoms with Crippen molar-refractivity contribution in [2.45, 2.75) is 31.5 Å². The van der Waals surface area contributed by atoms with Crippen LogP contribution < -0.4 is 4.90 Å². The van der Waals surface area contributed by atoms with Gasteiger partial charge in [-0.1, -0.05) is 18.2 Å². The summed E-state index contributed by atoms with van der Waals surface area (Å²) in [6.45, 7) is 0.261. The molecule has 0 unspecified atom stereocenters. The second-order valence-corrected chi connectivity index (χ2v) is 4.76. The number of nitrogens with zero attached hydrogens (tertiary/aromatic N) is 2. The number of para-hydroxylation sites is 1. The van der Waals surface area contributed by atoms with Crippen LogP contribution in [-0.4, -0.2) is 35.7 Å². The van der Waals surface area contributed by atoms with Crippen LogP contribution in [0, 0.1) is 11.3 Å². The Bertz CT molecular complexity index is 553. The topological polar surface area (TPSA) is 90.6 Å². The lowest BCUT2D eigenvalue weighted by Crippen LogP contribution is -2.40. The lowest BCUT2D eigenvalue weighted by Gasteiger charge is -2.24. The van der Waals surface area contributed by atoms with Crippen molar-refractivity contribution >= 4 is 17.6 Å². The molecule has 6 nitrogen and oxygen atoms in total. The summed E-state index contributed by atoms with van der Waals surface area (Å²) in [5, 5.41) is 17.6. The molecule has 1 aliphatic heterocycles. The third-order valence-corrected chi connectivity index (χ3v) is 3.35. The Kier molecular flexibility index (Phi) is 4.90. The maximum atomic E-state index is 12.5.